The Kier molecular flexibility index (Phi) is 3.69. The topological polar surface area (TPSA) is 92.5 Å². The zero-order chi connectivity index (χ0) is 18.3. The summed E-state index contributed by atoms with van der Waals surface area (Å²) in [5, 5.41) is 14.8. The number of aromatic hydroxyl groups is 1. The van der Waals surface area contributed by atoms with Gasteiger partial charge in [0.15, 0.2) is 11.5 Å². The number of aryl methyl sites for hydroxylation is 1. The van der Waals surface area contributed by atoms with Gasteiger partial charge < -0.3 is 14.8 Å². The average molecular weight is 348 g/mol. The number of H-pyrrole nitrogens is 1. The van der Waals surface area contributed by atoms with Crippen molar-refractivity contribution in [3.63, 3.8) is 0 Å². The Balaban J connectivity index is 1.84. The molecule has 0 spiro atoms. The van der Waals surface area contributed by atoms with Crippen LogP contribution in [-0.4, -0.2) is 33.1 Å². The molecule has 0 saturated heterocycles. The van der Waals surface area contributed by atoms with Crippen LogP contribution >= 0.6 is 0 Å². The molecule has 4 rings (SSSR count). The standard InChI is InChI=1S/C19H16N4O3/c1-11-21-17-13-5-3-4-6-14(13)22-18(17)19(25)23(11)20-10-12-7-8-15(24)16(9-12)26-2/h3-10,22,24H,1-2H3/b20-10-. The van der Waals surface area contributed by atoms with Crippen LogP contribution in [0.2, 0.25) is 0 Å². The SMILES string of the molecule is COc1cc(/C=N\n2c(C)nc3c([nH]c4ccccc43)c2=O)ccc1O. The highest BCUT2D eigenvalue weighted by Crippen LogP contribution is 2.25. The van der Waals surface area contributed by atoms with Crippen LogP contribution in [0, 0.1) is 6.92 Å². The molecule has 2 aromatic carbocycles. The number of benzene rings is 2. The Labute approximate surface area is 148 Å². The molecule has 0 radical (unpaired) electrons. The van der Waals surface area contributed by atoms with E-state index < -0.39 is 0 Å². The van der Waals surface area contributed by atoms with E-state index >= 15 is 0 Å². The molecule has 0 amide bonds. The Morgan fingerprint density at radius 1 is 1.27 bits per heavy atom. The fraction of sp³-hybridized carbons (Fsp3) is 0.105. The molecule has 0 fully saturated rings. The quantitative estimate of drug-likeness (QED) is 0.557. The molecule has 0 aliphatic rings. The van der Waals surface area contributed by atoms with E-state index in [0.29, 0.717) is 28.2 Å². The molecule has 2 aromatic heterocycles. The third-order valence-corrected chi connectivity index (χ3v) is 4.19. The number of nitrogens with one attached hydrogen (secondary N) is 1. The van der Waals surface area contributed by atoms with Gasteiger partial charge in [-0.3, -0.25) is 4.79 Å². The first-order valence-electron chi connectivity index (χ1n) is 8.00. The lowest BCUT2D eigenvalue weighted by Gasteiger charge is -2.05. The fourth-order valence-corrected chi connectivity index (χ4v) is 2.89. The molecule has 0 saturated carbocycles. The fourth-order valence-electron chi connectivity index (χ4n) is 2.89. The molecule has 7 heteroatoms. The molecule has 2 N–H and O–H groups in total. The van der Waals surface area contributed by atoms with Crippen molar-refractivity contribution >= 4 is 28.2 Å². The summed E-state index contributed by atoms with van der Waals surface area (Å²) in [6.07, 6.45) is 1.52. The van der Waals surface area contributed by atoms with Crippen molar-refractivity contribution in [3.05, 3.63) is 64.2 Å². The molecular weight excluding hydrogens is 332 g/mol. The van der Waals surface area contributed by atoms with Crippen molar-refractivity contribution in [1.29, 1.82) is 0 Å². The van der Waals surface area contributed by atoms with Crippen LogP contribution in [0.1, 0.15) is 11.4 Å². The summed E-state index contributed by atoms with van der Waals surface area (Å²) in [7, 11) is 1.47. The second kappa shape index (κ2) is 6.03. The van der Waals surface area contributed by atoms with Gasteiger partial charge in [0.1, 0.15) is 16.9 Å². The number of rotatable bonds is 3. The summed E-state index contributed by atoms with van der Waals surface area (Å²) in [6.45, 7) is 1.73. The van der Waals surface area contributed by atoms with Gasteiger partial charge in [0.25, 0.3) is 5.56 Å². The summed E-state index contributed by atoms with van der Waals surface area (Å²) in [4.78, 5) is 20.5. The lowest BCUT2D eigenvalue weighted by atomic mass is 10.2. The van der Waals surface area contributed by atoms with Crippen LogP contribution in [0.3, 0.4) is 0 Å². The Morgan fingerprint density at radius 2 is 2.08 bits per heavy atom. The number of aromatic amines is 1. The minimum Gasteiger partial charge on any atom is -0.504 e. The number of phenols is 1. The largest absolute Gasteiger partial charge is 0.504 e. The Morgan fingerprint density at radius 3 is 2.88 bits per heavy atom. The second-order valence-electron chi connectivity index (χ2n) is 5.85. The minimum absolute atomic E-state index is 0.0409. The predicted molar refractivity (Wildman–Crippen MR) is 100 cm³/mol. The molecule has 0 aliphatic heterocycles. The number of methoxy groups -OCH3 is 1. The highest BCUT2D eigenvalue weighted by molar-refractivity contribution is 6.04. The van der Waals surface area contributed by atoms with E-state index in [0.717, 1.165) is 10.9 Å². The molecule has 0 atom stereocenters. The lowest BCUT2D eigenvalue weighted by Crippen LogP contribution is -2.20. The van der Waals surface area contributed by atoms with E-state index in [4.69, 9.17) is 4.74 Å². The van der Waals surface area contributed by atoms with E-state index in [1.54, 1.807) is 19.1 Å². The molecule has 0 bridgehead atoms. The number of phenolic OH excluding ortho intramolecular Hbond substituents is 1. The third kappa shape index (κ3) is 2.50. The maximum absolute atomic E-state index is 12.8. The first-order chi connectivity index (χ1) is 12.6. The van der Waals surface area contributed by atoms with Gasteiger partial charge in [0, 0.05) is 10.9 Å². The van der Waals surface area contributed by atoms with Gasteiger partial charge in [-0.05, 0) is 36.8 Å². The second-order valence-corrected chi connectivity index (χ2v) is 5.85. The van der Waals surface area contributed by atoms with Gasteiger partial charge >= 0.3 is 0 Å². The Bertz CT molecular complexity index is 1220. The number of para-hydroxylation sites is 1. The summed E-state index contributed by atoms with van der Waals surface area (Å²) in [5.74, 6) is 0.857. The molecule has 0 unspecified atom stereocenters. The zero-order valence-corrected chi connectivity index (χ0v) is 14.2. The van der Waals surface area contributed by atoms with Crippen molar-refractivity contribution in [3.8, 4) is 11.5 Å². The van der Waals surface area contributed by atoms with Crippen LogP contribution in [0.4, 0.5) is 0 Å². The first-order valence-corrected chi connectivity index (χ1v) is 8.00. The summed E-state index contributed by atoms with van der Waals surface area (Å²) in [5.41, 5.74) is 2.32. The van der Waals surface area contributed by atoms with Crippen LogP contribution in [0.25, 0.3) is 21.9 Å². The van der Waals surface area contributed by atoms with Gasteiger partial charge in [-0.2, -0.15) is 9.78 Å². The maximum Gasteiger partial charge on any atom is 0.298 e. The van der Waals surface area contributed by atoms with E-state index in [-0.39, 0.29) is 11.3 Å². The number of hydrogen-bond donors (Lipinski definition) is 2. The molecule has 26 heavy (non-hydrogen) atoms. The normalized spacial score (nSPS) is 11.6. The highest BCUT2D eigenvalue weighted by Gasteiger charge is 2.12. The number of nitrogens with zero attached hydrogens (tertiary/aromatic N) is 3. The van der Waals surface area contributed by atoms with Crippen LogP contribution in [0.5, 0.6) is 11.5 Å². The smallest absolute Gasteiger partial charge is 0.298 e. The molecule has 2 heterocycles. The zero-order valence-electron chi connectivity index (χ0n) is 14.2. The van der Waals surface area contributed by atoms with Crippen molar-refractivity contribution in [2.75, 3.05) is 7.11 Å². The summed E-state index contributed by atoms with van der Waals surface area (Å²) in [6, 6.07) is 12.5. The molecule has 4 aromatic rings. The van der Waals surface area contributed by atoms with Crippen molar-refractivity contribution in [1.82, 2.24) is 14.6 Å². The summed E-state index contributed by atoms with van der Waals surface area (Å²) < 4.78 is 6.33. The molecule has 0 aliphatic carbocycles. The maximum atomic E-state index is 12.8. The minimum atomic E-state index is -0.273. The molecule has 7 nitrogen and oxygen atoms in total. The monoisotopic (exact) mass is 348 g/mol. The summed E-state index contributed by atoms with van der Waals surface area (Å²) >= 11 is 0. The van der Waals surface area contributed by atoms with Crippen LogP contribution in [0.15, 0.2) is 52.4 Å². The van der Waals surface area contributed by atoms with Gasteiger partial charge in [0.2, 0.25) is 0 Å². The number of hydrogen-bond acceptors (Lipinski definition) is 5. The Hall–Kier alpha value is -3.61. The molecule has 130 valence electrons. The number of ether oxygens (including phenoxy) is 1. The average Bonchev–Trinajstić information content (AvgIpc) is 3.01. The van der Waals surface area contributed by atoms with E-state index in [2.05, 4.69) is 15.1 Å². The van der Waals surface area contributed by atoms with Gasteiger partial charge in [0.05, 0.1) is 13.3 Å². The molecular formula is C19H16N4O3. The van der Waals surface area contributed by atoms with Crippen molar-refractivity contribution in [2.45, 2.75) is 6.92 Å². The van der Waals surface area contributed by atoms with E-state index in [1.165, 1.54) is 24.1 Å². The van der Waals surface area contributed by atoms with Crippen LogP contribution in [-0.2, 0) is 0 Å². The van der Waals surface area contributed by atoms with Crippen LogP contribution < -0.4 is 10.3 Å². The lowest BCUT2D eigenvalue weighted by molar-refractivity contribution is 0.373. The van der Waals surface area contributed by atoms with Gasteiger partial charge in [-0.15, -0.1) is 0 Å². The van der Waals surface area contributed by atoms with Gasteiger partial charge in [-0.1, -0.05) is 18.2 Å². The van der Waals surface area contributed by atoms with Gasteiger partial charge in [-0.25, -0.2) is 4.98 Å². The first kappa shape index (κ1) is 15.9. The number of fused-ring (bicyclic) bond motifs is 3. The van der Waals surface area contributed by atoms with Crippen molar-refractivity contribution in [2.24, 2.45) is 5.10 Å². The number of aromatic nitrogens is 3. The third-order valence-electron chi connectivity index (χ3n) is 4.19. The highest BCUT2D eigenvalue weighted by atomic mass is 16.5. The van der Waals surface area contributed by atoms with Crippen molar-refractivity contribution < 1.29 is 9.84 Å². The van der Waals surface area contributed by atoms with E-state index in [1.807, 2.05) is 24.3 Å². The predicted octanol–water partition coefficient (Wildman–Crippen LogP) is 2.78. The van der Waals surface area contributed by atoms with E-state index in [9.17, 15) is 9.90 Å².